The SMILES string of the molecule is Cc1ccccc1C[NH+]1CCC[C@H](C(=O)N2CCCC2)C1. The zero-order valence-electron chi connectivity index (χ0n) is 13.1. The molecule has 0 spiro atoms. The van der Waals surface area contributed by atoms with Gasteiger partial charge < -0.3 is 9.80 Å². The molecule has 0 saturated carbocycles. The highest BCUT2D eigenvalue weighted by Crippen LogP contribution is 2.16. The Kier molecular flexibility index (Phi) is 4.59. The van der Waals surface area contributed by atoms with Crippen molar-refractivity contribution < 1.29 is 9.69 Å². The normalized spacial score (nSPS) is 26.0. The maximum Gasteiger partial charge on any atom is 0.231 e. The quantitative estimate of drug-likeness (QED) is 0.893. The highest BCUT2D eigenvalue weighted by molar-refractivity contribution is 5.79. The third-order valence-electron chi connectivity index (χ3n) is 5.09. The van der Waals surface area contributed by atoms with Crippen molar-refractivity contribution in [2.75, 3.05) is 26.2 Å². The summed E-state index contributed by atoms with van der Waals surface area (Å²) < 4.78 is 0. The Hall–Kier alpha value is -1.35. The van der Waals surface area contributed by atoms with E-state index in [0.717, 1.165) is 32.6 Å². The third-order valence-corrected chi connectivity index (χ3v) is 5.09. The summed E-state index contributed by atoms with van der Waals surface area (Å²) in [5.41, 5.74) is 2.81. The third kappa shape index (κ3) is 3.46. The first-order chi connectivity index (χ1) is 10.2. The number of carbonyl (C=O) groups is 1. The van der Waals surface area contributed by atoms with Gasteiger partial charge in [0.1, 0.15) is 6.54 Å². The number of hydrogen-bond acceptors (Lipinski definition) is 1. The molecule has 3 heteroatoms. The van der Waals surface area contributed by atoms with Crippen LogP contribution in [0.2, 0.25) is 0 Å². The lowest BCUT2D eigenvalue weighted by Crippen LogP contribution is -3.12. The van der Waals surface area contributed by atoms with Crippen molar-refractivity contribution in [2.45, 2.75) is 39.2 Å². The number of piperidine rings is 1. The van der Waals surface area contributed by atoms with E-state index in [4.69, 9.17) is 0 Å². The summed E-state index contributed by atoms with van der Waals surface area (Å²) >= 11 is 0. The van der Waals surface area contributed by atoms with Crippen molar-refractivity contribution in [3.05, 3.63) is 35.4 Å². The van der Waals surface area contributed by atoms with Gasteiger partial charge in [-0.25, -0.2) is 0 Å². The number of rotatable bonds is 3. The summed E-state index contributed by atoms with van der Waals surface area (Å²) in [4.78, 5) is 16.3. The first kappa shape index (κ1) is 14.6. The molecule has 2 aliphatic rings. The minimum absolute atomic E-state index is 0.260. The van der Waals surface area contributed by atoms with Crippen LogP contribution in [0.25, 0.3) is 0 Å². The van der Waals surface area contributed by atoms with Crippen LogP contribution in [-0.4, -0.2) is 37.0 Å². The second kappa shape index (κ2) is 6.61. The van der Waals surface area contributed by atoms with E-state index in [0.29, 0.717) is 5.91 Å². The molecule has 2 heterocycles. The molecule has 1 amide bonds. The zero-order chi connectivity index (χ0) is 14.7. The topological polar surface area (TPSA) is 24.8 Å². The van der Waals surface area contributed by atoms with Crippen LogP contribution in [0.3, 0.4) is 0 Å². The molecule has 0 bridgehead atoms. The Morgan fingerprint density at radius 2 is 2.00 bits per heavy atom. The minimum atomic E-state index is 0.260. The summed E-state index contributed by atoms with van der Waals surface area (Å²) in [6, 6.07) is 8.64. The lowest BCUT2D eigenvalue weighted by atomic mass is 9.95. The summed E-state index contributed by atoms with van der Waals surface area (Å²) in [7, 11) is 0. The molecule has 1 aromatic carbocycles. The van der Waals surface area contributed by atoms with Crippen LogP contribution in [0.4, 0.5) is 0 Å². The lowest BCUT2D eigenvalue weighted by Gasteiger charge is -2.31. The summed E-state index contributed by atoms with van der Waals surface area (Å²) in [5, 5.41) is 0. The van der Waals surface area contributed by atoms with Crippen LogP contribution in [0.15, 0.2) is 24.3 Å². The molecule has 114 valence electrons. The van der Waals surface area contributed by atoms with E-state index < -0.39 is 0 Å². The van der Waals surface area contributed by atoms with E-state index >= 15 is 0 Å². The predicted molar refractivity (Wildman–Crippen MR) is 84.1 cm³/mol. The Bertz CT molecular complexity index is 494. The van der Waals surface area contributed by atoms with Gasteiger partial charge in [-0.15, -0.1) is 0 Å². The first-order valence-corrected chi connectivity index (χ1v) is 8.41. The largest absolute Gasteiger partial charge is 0.342 e. The maximum atomic E-state index is 12.6. The number of benzene rings is 1. The number of nitrogens with zero attached hydrogens (tertiary/aromatic N) is 1. The molecular weight excluding hydrogens is 260 g/mol. The number of aryl methyl sites for hydroxylation is 1. The van der Waals surface area contributed by atoms with Gasteiger partial charge in [-0.05, 0) is 38.2 Å². The average molecular weight is 287 g/mol. The fourth-order valence-corrected chi connectivity index (χ4v) is 3.80. The van der Waals surface area contributed by atoms with Crippen LogP contribution in [0.5, 0.6) is 0 Å². The van der Waals surface area contributed by atoms with E-state index in [-0.39, 0.29) is 5.92 Å². The second-order valence-electron chi connectivity index (χ2n) is 6.68. The van der Waals surface area contributed by atoms with Crippen molar-refractivity contribution in [3.8, 4) is 0 Å². The summed E-state index contributed by atoms with van der Waals surface area (Å²) in [6.07, 6.45) is 4.66. The van der Waals surface area contributed by atoms with Gasteiger partial charge in [0.05, 0.1) is 19.0 Å². The number of likely N-dealkylation sites (tertiary alicyclic amines) is 2. The van der Waals surface area contributed by atoms with Gasteiger partial charge in [0.2, 0.25) is 5.91 Å². The number of carbonyl (C=O) groups excluding carboxylic acids is 1. The molecule has 1 unspecified atom stereocenters. The molecule has 3 nitrogen and oxygen atoms in total. The molecule has 2 fully saturated rings. The second-order valence-corrected chi connectivity index (χ2v) is 6.68. The smallest absolute Gasteiger partial charge is 0.231 e. The molecule has 2 aliphatic heterocycles. The number of hydrogen-bond donors (Lipinski definition) is 1. The monoisotopic (exact) mass is 287 g/mol. The van der Waals surface area contributed by atoms with Gasteiger partial charge in [0.25, 0.3) is 0 Å². The standard InChI is InChI=1S/C18H26N2O/c1-15-7-2-3-8-16(15)13-19-10-6-9-17(14-19)18(21)20-11-4-5-12-20/h2-3,7-8,17H,4-6,9-14H2,1H3/p+1/t17-/m0/s1. The van der Waals surface area contributed by atoms with E-state index in [1.807, 2.05) is 0 Å². The van der Waals surface area contributed by atoms with Crippen LogP contribution in [0, 0.1) is 12.8 Å². The molecule has 0 aliphatic carbocycles. The first-order valence-electron chi connectivity index (χ1n) is 8.41. The molecule has 0 aromatic heterocycles. The van der Waals surface area contributed by atoms with E-state index in [9.17, 15) is 4.79 Å². The molecular formula is C18H27N2O+. The molecule has 3 rings (SSSR count). The van der Waals surface area contributed by atoms with Gasteiger partial charge >= 0.3 is 0 Å². The number of nitrogens with one attached hydrogen (secondary N) is 1. The van der Waals surface area contributed by atoms with Gasteiger partial charge in [0.15, 0.2) is 0 Å². The lowest BCUT2D eigenvalue weighted by molar-refractivity contribution is -0.921. The minimum Gasteiger partial charge on any atom is -0.342 e. The molecule has 21 heavy (non-hydrogen) atoms. The number of amides is 1. The molecule has 2 atom stereocenters. The Balaban J connectivity index is 1.60. The van der Waals surface area contributed by atoms with Gasteiger partial charge in [-0.2, -0.15) is 0 Å². The van der Waals surface area contributed by atoms with Crippen LogP contribution in [-0.2, 0) is 11.3 Å². The van der Waals surface area contributed by atoms with Crippen LogP contribution < -0.4 is 4.90 Å². The Morgan fingerprint density at radius 3 is 2.76 bits per heavy atom. The van der Waals surface area contributed by atoms with Crippen molar-refractivity contribution in [1.82, 2.24) is 4.90 Å². The van der Waals surface area contributed by atoms with Crippen molar-refractivity contribution in [3.63, 3.8) is 0 Å². The van der Waals surface area contributed by atoms with Crippen molar-refractivity contribution in [1.29, 1.82) is 0 Å². The van der Waals surface area contributed by atoms with Gasteiger partial charge in [-0.3, -0.25) is 4.79 Å². The van der Waals surface area contributed by atoms with E-state index in [1.165, 1.54) is 36.9 Å². The van der Waals surface area contributed by atoms with Crippen LogP contribution in [0.1, 0.15) is 36.8 Å². The summed E-state index contributed by atoms with van der Waals surface area (Å²) in [6.45, 7) is 7.45. The van der Waals surface area contributed by atoms with E-state index in [1.54, 1.807) is 4.90 Å². The van der Waals surface area contributed by atoms with Crippen LogP contribution >= 0.6 is 0 Å². The summed E-state index contributed by atoms with van der Waals surface area (Å²) in [5.74, 6) is 0.686. The average Bonchev–Trinajstić information content (AvgIpc) is 3.03. The predicted octanol–water partition coefficient (Wildman–Crippen LogP) is 1.41. The highest BCUT2D eigenvalue weighted by Gasteiger charge is 2.32. The van der Waals surface area contributed by atoms with Crippen molar-refractivity contribution in [2.24, 2.45) is 5.92 Å². The maximum absolute atomic E-state index is 12.6. The van der Waals surface area contributed by atoms with Gasteiger partial charge in [0, 0.05) is 18.7 Å². The van der Waals surface area contributed by atoms with Gasteiger partial charge in [-0.1, -0.05) is 24.3 Å². The fraction of sp³-hybridized carbons (Fsp3) is 0.611. The van der Waals surface area contributed by atoms with E-state index in [2.05, 4.69) is 36.1 Å². The number of quaternary nitrogens is 1. The zero-order valence-corrected chi connectivity index (χ0v) is 13.1. The molecule has 0 radical (unpaired) electrons. The molecule has 1 N–H and O–H groups in total. The Morgan fingerprint density at radius 1 is 1.24 bits per heavy atom. The molecule has 2 saturated heterocycles. The fourth-order valence-electron chi connectivity index (χ4n) is 3.80. The Labute approximate surface area is 127 Å². The van der Waals surface area contributed by atoms with Crippen molar-refractivity contribution >= 4 is 5.91 Å². The molecule has 1 aromatic rings. The highest BCUT2D eigenvalue weighted by atomic mass is 16.2.